The highest BCUT2D eigenvalue weighted by molar-refractivity contribution is 6.33. The number of anilines is 1. The third-order valence-electron chi connectivity index (χ3n) is 1.98. The molecule has 0 bridgehead atoms. The summed E-state index contributed by atoms with van der Waals surface area (Å²) in [4.78, 5) is 11.4. The van der Waals surface area contributed by atoms with Gasteiger partial charge in [0.2, 0.25) is 5.91 Å². The number of nitrogens with zero attached hydrogens (tertiary/aromatic N) is 1. The Hall–Kier alpha value is -1.73. The lowest BCUT2D eigenvalue weighted by Crippen LogP contribution is -2.34. The molecule has 0 saturated carbocycles. The van der Waals surface area contributed by atoms with Crippen LogP contribution < -0.4 is 10.6 Å². The molecule has 1 rings (SSSR count). The lowest BCUT2D eigenvalue weighted by molar-refractivity contribution is -0.119. The molecule has 0 aromatic heterocycles. The quantitative estimate of drug-likeness (QED) is 0.862. The Kier molecular flexibility index (Phi) is 4.80. The topological polar surface area (TPSA) is 64.9 Å². The fourth-order valence-electron chi connectivity index (χ4n) is 1.28. The van der Waals surface area contributed by atoms with Crippen molar-refractivity contribution in [3.8, 4) is 6.07 Å². The maximum absolute atomic E-state index is 11.4. The molecule has 90 valence electrons. The molecule has 0 aliphatic rings. The summed E-state index contributed by atoms with van der Waals surface area (Å²) in [6.07, 6.45) is 0. The highest BCUT2D eigenvalue weighted by atomic mass is 35.5. The van der Waals surface area contributed by atoms with Crippen LogP contribution in [-0.4, -0.2) is 18.5 Å². The number of nitrogens with one attached hydrogen (secondary N) is 2. The summed E-state index contributed by atoms with van der Waals surface area (Å²) in [6.45, 7) is 3.91. The average molecular weight is 252 g/mol. The van der Waals surface area contributed by atoms with Gasteiger partial charge >= 0.3 is 0 Å². The zero-order chi connectivity index (χ0) is 12.8. The lowest BCUT2D eigenvalue weighted by Gasteiger charge is -2.11. The summed E-state index contributed by atoms with van der Waals surface area (Å²) in [5.74, 6) is -0.113. The van der Waals surface area contributed by atoms with Crippen LogP contribution in [0.4, 0.5) is 5.69 Å². The number of hydrogen-bond acceptors (Lipinski definition) is 3. The minimum absolute atomic E-state index is 0.102. The van der Waals surface area contributed by atoms with Crippen molar-refractivity contribution in [3.63, 3.8) is 0 Å². The second kappa shape index (κ2) is 6.12. The Morgan fingerprint density at radius 2 is 2.24 bits per heavy atom. The molecule has 0 spiro atoms. The number of halogens is 1. The average Bonchev–Trinajstić information content (AvgIpc) is 2.27. The van der Waals surface area contributed by atoms with Crippen LogP contribution >= 0.6 is 11.6 Å². The molecule has 4 nitrogen and oxygen atoms in total. The molecule has 0 aliphatic heterocycles. The van der Waals surface area contributed by atoms with Crippen molar-refractivity contribution in [2.45, 2.75) is 19.9 Å². The first-order valence-corrected chi connectivity index (χ1v) is 5.63. The summed E-state index contributed by atoms with van der Waals surface area (Å²) in [5.41, 5.74) is 1.09. The smallest absolute Gasteiger partial charge is 0.239 e. The first-order chi connectivity index (χ1) is 8.02. The van der Waals surface area contributed by atoms with Gasteiger partial charge in [0, 0.05) is 6.04 Å². The molecule has 0 fully saturated rings. The van der Waals surface area contributed by atoms with Crippen molar-refractivity contribution in [1.29, 1.82) is 5.26 Å². The first-order valence-electron chi connectivity index (χ1n) is 5.26. The van der Waals surface area contributed by atoms with E-state index in [1.807, 2.05) is 19.9 Å². The molecule has 0 atom stereocenters. The number of benzene rings is 1. The Morgan fingerprint density at radius 3 is 2.82 bits per heavy atom. The second-order valence-electron chi connectivity index (χ2n) is 3.88. The van der Waals surface area contributed by atoms with E-state index in [2.05, 4.69) is 10.6 Å². The number of nitriles is 1. The van der Waals surface area contributed by atoms with Crippen LogP contribution in [0.3, 0.4) is 0 Å². The molecule has 1 amide bonds. The van der Waals surface area contributed by atoms with Gasteiger partial charge in [0.05, 0.1) is 28.9 Å². The predicted molar refractivity (Wildman–Crippen MR) is 67.9 cm³/mol. The predicted octanol–water partition coefficient (Wildman–Crippen LogP) is 2.15. The number of hydrogen-bond donors (Lipinski definition) is 2. The molecular formula is C12H14ClN3O. The van der Waals surface area contributed by atoms with Crippen LogP contribution in [0.1, 0.15) is 19.4 Å². The summed E-state index contributed by atoms with van der Waals surface area (Å²) < 4.78 is 0. The van der Waals surface area contributed by atoms with E-state index in [0.717, 1.165) is 0 Å². The van der Waals surface area contributed by atoms with Crippen molar-refractivity contribution in [2.24, 2.45) is 0 Å². The van der Waals surface area contributed by atoms with Crippen molar-refractivity contribution >= 4 is 23.2 Å². The zero-order valence-electron chi connectivity index (χ0n) is 9.75. The van der Waals surface area contributed by atoms with Crippen LogP contribution in [0.2, 0.25) is 5.02 Å². The SMILES string of the molecule is CC(C)NC(=O)CNc1cc(C#N)ccc1Cl. The fraction of sp³-hybridized carbons (Fsp3) is 0.333. The summed E-state index contributed by atoms with van der Waals surface area (Å²) in [5, 5.41) is 14.9. The summed E-state index contributed by atoms with van der Waals surface area (Å²) >= 11 is 5.94. The number of rotatable bonds is 4. The highest BCUT2D eigenvalue weighted by Gasteiger charge is 2.05. The third kappa shape index (κ3) is 4.33. The first kappa shape index (κ1) is 13.3. The van der Waals surface area contributed by atoms with Crippen LogP contribution in [0, 0.1) is 11.3 Å². The molecule has 1 aromatic rings. The van der Waals surface area contributed by atoms with Gasteiger partial charge in [0.1, 0.15) is 0 Å². The van der Waals surface area contributed by atoms with E-state index in [-0.39, 0.29) is 18.5 Å². The standard InChI is InChI=1S/C12H14ClN3O/c1-8(2)16-12(17)7-15-11-5-9(6-14)3-4-10(11)13/h3-5,8,15H,7H2,1-2H3,(H,16,17). The van der Waals surface area contributed by atoms with E-state index >= 15 is 0 Å². The van der Waals surface area contributed by atoms with Crippen LogP contribution in [0.5, 0.6) is 0 Å². The van der Waals surface area contributed by atoms with Crippen LogP contribution in [0.25, 0.3) is 0 Å². The number of amides is 1. The molecule has 0 saturated heterocycles. The van der Waals surface area contributed by atoms with E-state index in [1.54, 1.807) is 18.2 Å². The Morgan fingerprint density at radius 1 is 1.53 bits per heavy atom. The van der Waals surface area contributed by atoms with E-state index in [9.17, 15) is 4.79 Å². The molecule has 17 heavy (non-hydrogen) atoms. The molecule has 1 aromatic carbocycles. The molecular weight excluding hydrogens is 238 g/mol. The molecule has 0 unspecified atom stereocenters. The summed E-state index contributed by atoms with van der Waals surface area (Å²) in [6, 6.07) is 6.99. The van der Waals surface area contributed by atoms with Gasteiger partial charge in [-0.2, -0.15) is 5.26 Å². The number of carbonyl (C=O) groups is 1. The van der Waals surface area contributed by atoms with E-state index in [1.165, 1.54) is 0 Å². The largest absolute Gasteiger partial charge is 0.375 e. The molecule has 5 heteroatoms. The van der Waals surface area contributed by atoms with Crippen LogP contribution in [0.15, 0.2) is 18.2 Å². The van der Waals surface area contributed by atoms with Gasteiger partial charge in [-0.05, 0) is 32.0 Å². The number of carbonyl (C=O) groups excluding carboxylic acids is 1. The monoisotopic (exact) mass is 251 g/mol. The normalized spacial score (nSPS) is 9.82. The van der Waals surface area contributed by atoms with Gasteiger partial charge in [-0.3, -0.25) is 4.79 Å². The Balaban J connectivity index is 2.63. The molecule has 0 aliphatic carbocycles. The van der Waals surface area contributed by atoms with Gasteiger partial charge in [-0.25, -0.2) is 0 Å². The Labute approximate surface area is 106 Å². The highest BCUT2D eigenvalue weighted by Crippen LogP contribution is 2.22. The van der Waals surface area contributed by atoms with Gasteiger partial charge < -0.3 is 10.6 Å². The maximum atomic E-state index is 11.4. The fourth-order valence-corrected chi connectivity index (χ4v) is 1.46. The van der Waals surface area contributed by atoms with E-state index < -0.39 is 0 Å². The second-order valence-corrected chi connectivity index (χ2v) is 4.29. The van der Waals surface area contributed by atoms with Crippen molar-refractivity contribution in [3.05, 3.63) is 28.8 Å². The van der Waals surface area contributed by atoms with Crippen LogP contribution in [-0.2, 0) is 4.79 Å². The molecule has 0 radical (unpaired) electrons. The minimum Gasteiger partial charge on any atom is -0.375 e. The lowest BCUT2D eigenvalue weighted by atomic mass is 10.2. The van der Waals surface area contributed by atoms with Crippen molar-refractivity contribution in [1.82, 2.24) is 5.32 Å². The third-order valence-corrected chi connectivity index (χ3v) is 2.31. The van der Waals surface area contributed by atoms with Gasteiger partial charge in [0.15, 0.2) is 0 Å². The van der Waals surface area contributed by atoms with Crippen molar-refractivity contribution < 1.29 is 4.79 Å². The summed E-state index contributed by atoms with van der Waals surface area (Å²) in [7, 11) is 0. The zero-order valence-corrected chi connectivity index (χ0v) is 10.5. The molecule has 0 heterocycles. The van der Waals surface area contributed by atoms with Gasteiger partial charge in [0.25, 0.3) is 0 Å². The van der Waals surface area contributed by atoms with E-state index in [4.69, 9.17) is 16.9 Å². The minimum atomic E-state index is -0.113. The maximum Gasteiger partial charge on any atom is 0.239 e. The van der Waals surface area contributed by atoms with E-state index in [0.29, 0.717) is 16.3 Å². The Bertz CT molecular complexity index is 452. The van der Waals surface area contributed by atoms with Gasteiger partial charge in [-0.1, -0.05) is 11.6 Å². The van der Waals surface area contributed by atoms with Crippen molar-refractivity contribution in [2.75, 3.05) is 11.9 Å². The molecule has 2 N–H and O–H groups in total. The van der Waals surface area contributed by atoms with Gasteiger partial charge in [-0.15, -0.1) is 0 Å².